The lowest BCUT2D eigenvalue weighted by molar-refractivity contribution is -0.137. The fraction of sp³-hybridized carbons (Fsp3) is 0.333. The van der Waals surface area contributed by atoms with Crippen LogP contribution in [-0.2, 0) is 6.18 Å². The van der Waals surface area contributed by atoms with Crippen molar-refractivity contribution in [1.82, 2.24) is 19.9 Å². The molecule has 0 N–H and O–H groups in total. The van der Waals surface area contributed by atoms with Crippen LogP contribution in [0.3, 0.4) is 0 Å². The normalized spacial score (nSPS) is 21.7. The van der Waals surface area contributed by atoms with Gasteiger partial charge in [-0.3, -0.25) is 4.79 Å². The van der Waals surface area contributed by atoms with Crippen molar-refractivity contribution >= 4 is 17.5 Å². The summed E-state index contributed by atoms with van der Waals surface area (Å²) in [7, 11) is 0. The molecule has 3 aromatic rings. The van der Waals surface area contributed by atoms with Gasteiger partial charge in [0.25, 0.3) is 5.91 Å². The van der Waals surface area contributed by atoms with Crippen molar-refractivity contribution in [2.75, 3.05) is 6.54 Å². The number of hydrogen-bond donors (Lipinski definition) is 0. The third-order valence-corrected chi connectivity index (χ3v) is 6.67. The summed E-state index contributed by atoms with van der Waals surface area (Å²) in [6.07, 6.45) is 0.784. The molecule has 1 saturated carbocycles. The number of carbonyl (C=O) groups excluding carboxylic acids is 1. The number of hydrogen-bond acceptors (Lipinski definition) is 5. The minimum absolute atomic E-state index is 0.107. The molecule has 6 nitrogen and oxygen atoms in total. The topological polar surface area (TPSA) is 68.2 Å². The van der Waals surface area contributed by atoms with Crippen LogP contribution < -0.4 is 4.74 Å². The number of aromatic nitrogens is 3. The van der Waals surface area contributed by atoms with Crippen molar-refractivity contribution in [3.05, 3.63) is 70.9 Å². The predicted molar refractivity (Wildman–Crippen MR) is 118 cm³/mol. The Morgan fingerprint density at radius 3 is 2.57 bits per heavy atom. The van der Waals surface area contributed by atoms with Gasteiger partial charge in [-0.2, -0.15) is 13.2 Å². The summed E-state index contributed by atoms with van der Waals surface area (Å²) in [5.41, 5.74) is -0.430. The van der Waals surface area contributed by atoms with E-state index in [1.54, 1.807) is 11.0 Å². The second-order valence-electron chi connectivity index (χ2n) is 8.63. The molecule has 3 fully saturated rings. The summed E-state index contributed by atoms with van der Waals surface area (Å²) < 4.78 is 58.8. The molecule has 1 amide bonds. The number of amides is 1. The number of fused-ring (bicyclic) bond motifs is 3. The van der Waals surface area contributed by atoms with Crippen LogP contribution in [0.25, 0.3) is 11.4 Å². The van der Waals surface area contributed by atoms with E-state index < -0.39 is 23.7 Å². The Bertz CT molecular complexity index is 1260. The summed E-state index contributed by atoms with van der Waals surface area (Å²) in [5, 5.41) is -0.249. The molecule has 0 radical (unpaired) electrons. The van der Waals surface area contributed by atoms with Crippen LogP contribution in [0.5, 0.6) is 5.88 Å². The average Bonchev–Trinajstić information content (AvgIpc) is 2.85. The molecule has 182 valence electrons. The molecule has 2 bridgehead atoms. The predicted octanol–water partition coefficient (Wildman–Crippen LogP) is 5.42. The molecule has 4 heterocycles. The van der Waals surface area contributed by atoms with Gasteiger partial charge in [0, 0.05) is 30.7 Å². The van der Waals surface area contributed by atoms with Gasteiger partial charge in [0.05, 0.1) is 17.2 Å². The number of ether oxygens (including phenoxy) is 1. The molecule has 3 unspecified atom stereocenters. The standard InChI is InChI=1S/C24H19ClF4N4O2/c25-18-9-14(24(27,28)29)11-32-22(18)35-20-8-13-2-5-19(20)33(12-13)23(34)16-4-3-15(26)10-17(16)21-30-6-1-7-31-21/h1,3-4,6-7,9-11,13,19-20H,2,5,8,12H2. The summed E-state index contributed by atoms with van der Waals surface area (Å²) in [5.74, 6) is -0.579. The first-order chi connectivity index (χ1) is 16.7. The highest BCUT2D eigenvalue weighted by atomic mass is 35.5. The third kappa shape index (κ3) is 4.67. The number of pyridine rings is 1. The van der Waals surface area contributed by atoms with Gasteiger partial charge in [-0.15, -0.1) is 0 Å². The molecule has 35 heavy (non-hydrogen) atoms. The van der Waals surface area contributed by atoms with E-state index in [9.17, 15) is 22.4 Å². The monoisotopic (exact) mass is 506 g/mol. The number of rotatable bonds is 4. The van der Waals surface area contributed by atoms with Gasteiger partial charge in [-0.25, -0.2) is 19.3 Å². The van der Waals surface area contributed by atoms with Crippen molar-refractivity contribution in [3.63, 3.8) is 0 Å². The first-order valence-electron chi connectivity index (χ1n) is 11.0. The van der Waals surface area contributed by atoms with Crippen LogP contribution >= 0.6 is 11.6 Å². The molecule has 3 aliphatic rings. The zero-order chi connectivity index (χ0) is 24.7. The number of piperidine rings is 2. The van der Waals surface area contributed by atoms with Crippen LogP contribution in [0.1, 0.15) is 35.2 Å². The lowest BCUT2D eigenvalue weighted by atomic mass is 9.77. The van der Waals surface area contributed by atoms with E-state index in [0.29, 0.717) is 25.6 Å². The number of benzene rings is 1. The minimum Gasteiger partial charge on any atom is -0.471 e. The van der Waals surface area contributed by atoms with Gasteiger partial charge in [-0.1, -0.05) is 11.6 Å². The van der Waals surface area contributed by atoms with Crippen molar-refractivity contribution < 1.29 is 27.1 Å². The van der Waals surface area contributed by atoms with Crippen molar-refractivity contribution in [3.8, 4) is 17.3 Å². The highest BCUT2D eigenvalue weighted by Crippen LogP contribution is 2.40. The molecule has 2 aromatic heterocycles. The van der Waals surface area contributed by atoms with Gasteiger partial charge in [0.1, 0.15) is 16.9 Å². The van der Waals surface area contributed by atoms with Crippen LogP contribution in [-0.4, -0.2) is 44.4 Å². The molecule has 11 heteroatoms. The van der Waals surface area contributed by atoms with E-state index in [2.05, 4.69) is 15.0 Å². The summed E-state index contributed by atoms with van der Waals surface area (Å²) >= 11 is 6.04. The molecule has 3 atom stereocenters. The first-order valence-corrected chi connectivity index (χ1v) is 11.4. The maximum atomic E-state index is 14.0. The molecule has 6 rings (SSSR count). The summed E-state index contributed by atoms with van der Waals surface area (Å²) in [4.78, 5) is 27.4. The maximum Gasteiger partial charge on any atom is 0.417 e. The third-order valence-electron chi connectivity index (χ3n) is 6.40. The summed E-state index contributed by atoms with van der Waals surface area (Å²) in [6, 6.07) is 5.90. The van der Waals surface area contributed by atoms with Gasteiger partial charge >= 0.3 is 6.18 Å². The number of carbonyl (C=O) groups is 1. The number of nitrogens with zero attached hydrogens (tertiary/aromatic N) is 4. The Labute approximate surface area is 202 Å². The molecule has 1 aliphatic carbocycles. The molecular formula is C24H19ClF4N4O2. The first kappa shape index (κ1) is 23.5. The van der Waals surface area contributed by atoms with Crippen molar-refractivity contribution in [2.45, 2.75) is 37.6 Å². The Balaban J connectivity index is 1.42. The van der Waals surface area contributed by atoms with Gasteiger partial charge in [0.2, 0.25) is 5.88 Å². The van der Waals surface area contributed by atoms with E-state index in [1.807, 2.05) is 0 Å². The SMILES string of the molecule is O=C(c1ccc(F)cc1-c1ncccn1)N1CC2CCC1C(Oc1ncc(C(F)(F)F)cc1Cl)C2. The van der Waals surface area contributed by atoms with E-state index in [-0.39, 0.29) is 45.7 Å². The lowest BCUT2D eigenvalue weighted by Gasteiger charge is -2.49. The smallest absolute Gasteiger partial charge is 0.417 e. The second-order valence-corrected chi connectivity index (χ2v) is 9.04. The Morgan fingerprint density at radius 2 is 1.89 bits per heavy atom. The van der Waals surface area contributed by atoms with Crippen LogP contribution in [0.15, 0.2) is 48.9 Å². The minimum atomic E-state index is -4.57. The van der Waals surface area contributed by atoms with E-state index >= 15 is 0 Å². The molecular weight excluding hydrogens is 488 g/mol. The number of alkyl halides is 3. The quantitative estimate of drug-likeness (QED) is 0.442. The van der Waals surface area contributed by atoms with Gasteiger partial charge in [0.15, 0.2) is 5.82 Å². The Morgan fingerprint density at radius 1 is 1.11 bits per heavy atom. The zero-order valence-corrected chi connectivity index (χ0v) is 18.9. The zero-order valence-electron chi connectivity index (χ0n) is 18.2. The molecule has 2 saturated heterocycles. The highest BCUT2D eigenvalue weighted by molar-refractivity contribution is 6.31. The largest absolute Gasteiger partial charge is 0.471 e. The van der Waals surface area contributed by atoms with E-state index in [1.165, 1.54) is 30.6 Å². The lowest BCUT2D eigenvalue weighted by Crippen LogP contribution is -2.59. The number of halogens is 5. The molecule has 1 aromatic carbocycles. The molecule has 0 spiro atoms. The second kappa shape index (κ2) is 9.07. The maximum absolute atomic E-state index is 14.0. The van der Waals surface area contributed by atoms with Gasteiger partial charge < -0.3 is 9.64 Å². The average molecular weight is 507 g/mol. The van der Waals surface area contributed by atoms with E-state index in [0.717, 1.165) is 12.5 Å². The highest BCUT2D eigenvalue weighted by Gasteiger charge is 2.45. The van der Waals surface area contributed by atoms with Crippen LogP contribution in [0.2, 0.25) is 5.02 Å². The van der Waals surface area contributed by atoms with Crippen LogP contribution in [0.4, 0.5) is 17.6 Å². The Hall–Kier alpha value is -3.27. The van der Waals surface area contributed by atoms with Crippen molar-refractivity contribution in [1.29, 1.82) is 0 Å². The fourth-order valence-corrected chi connectivity index (χ4v) is 4.99. The molecule has 2 aliphatic heterocycles. The van der Waals surface area contributed by atoms with E-state index in [4.69, 9.17) is 16.3 Å². The Kier molecular flexibility index (Phi) is 6.08. The van der Waals surface area contributed by atoms with Crippen LogP contribution in [0, 0.1) is 11.7 Å². The van der Waals surface area contributed by atoms with Crippen molar-refractivity contribution in [2.24, 2.45) is 5.92 Å². The van der Waals surface area contributed by atoms with Gasteiger partial charge in [-0.05, 0) is 55.5 Å². The summed E-state index contributed by atoms with van der Waals surface area (Å²) in [6.45, 7) is 0.490. The fourth-order valence-electron chi connectivity index (χ4n) is 4.78.